The Balaban J connectivity index is 2.42. The number of benzene rings is 1. The highest BCUT2D eigenvalue weighted by molar-refractivity contribution is 5.67. The van der Waals surface area contributed by atoms with Crippen LogP contribution in [-0.2, 0) is 11.2 Å². The first-order valence-electron chi connectivity index (χ1n) is 6.34. The molecule has 0 heterocycles. The maximum atomic E-state index is 13.0. The minimum absolute atomic E-state index is 0.188. The number of amides is 1. The summed E-state index contributed by atoms with van der Waals surface area (Å²) in [7, 11) is 0. The number of halogens is 2. The van der Waals surface area contributed by atoms with Gasteiger partial charge < -0.3 is 15.8 Å². The van der Waals surface area contributed by atoms with Gasteiger partial charge in [-0.15, -0.1) is 0 Å². The summed E-state index contributed by atoms with van der Waals surface area (Å²) in [6, 6.07) is 3.21. The maximum absolute atomic E-state index is 13.0. The van der Waals surface area contributed by atoms with Crippen LogP contribution < -0.4 is 11.1 Å². The number of carbonyl (C=O) groups excluding carboxylic acids is 1. The number of alkyl carbamates (subject to hydrolysis) is 1. The fraction of sp³-hybridized carbons (Fsp3) is 0.500. The molecule has 1 aromatic rings. The summed E-state index contributed by atoms with van der Waals surface area (Å²) in [5.74, 6) is -1.80. The normalized spacial score (nSPS) is 12.9. The van der Waals surface area contributed by atoms with Gasteiger partial charge in [-0.3, -0.25) is 0 Å². The molecule has 1 unspecified atom stereocenters. The van der Waals surface area contributed by atoms with Gasteiger partial charge in [-0.1, -0.05) is 6.07 Å². The second kappa shape index (κ2) is 6.65. The van der Waals surface area contributed by atoms with E-state index >= 15 is 0 Å². The number of nitrogens with one attached hydrogen (secondary N) is 1. The number of hydrogen-bond donors (Lipinski definition) is 2. The molecule has 6 heteroatoms. The molecule has 0 saturated carbocycles. The highest BCUT2D eigenvalue weighted by Crippen LogP contribution is 2.10. The molecule has 3 N–H and O–H groups in total. The van der Waals surface area contributed by atoms with Crippen LogP contribution in [-0.4, -0.2) is 24.3 Å². The van der Waals surface area contributed by atoms with Crippen LogP contribution in [0.4, 0.5) is 13.6 Å². The zero-order chi connectivity index (χ0) is 15.3. The Labute approximate surface area is 117 Å². The van der Waals surface area contributed by atoms with Gasteiger partial charge in [0.2, 0.25) is 0 Å². The van der Waals surface area contributed by atoms with Crippen LogP contribution in [0.3, 0.4) is 0 Å². The van der Waals surface area contributed by atoms with E-state index in [0.29, 0.717) is 12.0 Å². The first kappa shape index (κ1) is 16.4. The fourth-order valence-corrected chi connectivity index (χ4v) is 1.57. The van der Waals surface area contributed by atoms with Gasteiger partial charge in [-0.25, -0.2) is 13.6 Å². The highest BCUT2D eigenvalue weighted by Gasteiger charge is 2.16. The molecule has 1 aromatic carbocycles. The van der Waals surface area contributed by atoms with Crippen molar-refractivity contribution in [2.24, 2.45) is 5.73 Å². The van der Waals surface area contributed by atoms with E-state index in [4.69, 9.17) is 10.5 Å². The molecule has 1 atom stereocenters. The minimum Gasteiger partial charge on any atom is -0.444 e. The SMILES string of the molecule is CC(C)(C)OC(=O)NCC(N)Cc1ccc(F)c(F)c1. The quantitative estimate of drug-likeness (QED) is 0.893. The number of carbonyl (C=O) groups is 1. The predicted octanol–water partition coefficient (Wildman–Crippen LogP) is 2.36. The lowest BCUT2D eigenvalue weighted by Crippen LogP contribution is -2.41. The van der Waals surface area contributed by atoms with E-state index < -0.39 is 29.4 Å². The first-order valence-corrected chi connectivity index (χ1v) is 6.34. The second-order valence-electron chi connectivity index (χ2n) is 5.60. The summed E-state index contributed by atoms with van der Waals surface area (Å²) in [4.78, 5) is 11.4. The molecule has 0 bridgehead atoms. The van der Waals surface area contributed by atoms with Crippen molar-refractivity contribution in [3.05, 3.63) is 35.4 Å². The van der Waals surface area contributed by atoms with Crippen molar-refractivity contribution in [3.63, 3.8) is 0 Å². The lowest BCUT2D eigenvalue weighted by atomic mass is 10.1. The van der Waals surface area contributed by atoms with Crippen LogP contribution in [0, 0.1) is 11.6 Å². The predicted molar refractivity (Wildman–Crippen MR) is 72.3 cm³/mol. The van der Waals surface area contributed by atoms with Gasteiger partial charge in [0.25, 0.3) is 0 Å². The standard InChI is InChI=1S/C14H20F2N2O2/c1-14(2,3)20-13(19)18-8-10(17)6-9-4-5-11(15)12(16)7-9/h4-5,7,10H,6,8,17H2,1-3H3,(H,18,19). The molecule has 112 valence electrons. The van der Waals surface area contributed by atoms with Crippen molar-refractivity contribution >= 4 is 6.09 Å². The van der Waals surface area contributed by atoms with Gasteiger partial charge >= 0.3 is 6.09 Å². The van der Waals surface area contributed by atoms with Gasteiger partial charge in [0.05, 0.1) is 0 Å². The Morgan fingerprint density at radius 2 is 2.00 bits per heavy atom. The summed E-state index contributed by atoms with van der Waals surface area (Å²) < 4.78 is 30.8. The molecule has 0 aliphatic heterocycles. The van der Waals surface area contributed by atoms with Crippen LogP contribution in [0.5, 0.6) is 0 Å². The lowest BCUT2D eigenvalue weighted by Gasteiger charge is -2.20. The van der Waals surface area contributed by atoms with Crippen molar-refractivity contribution in [2.75, 3.05) is 6.54 Å². The third-order valence-corrected chi connectivity index (χ3v) is 2.39. The molecule has 0 aliphatic carbocycles. The average Bonchev–Trinajstić information content (AvgIpc) is 2.29. The van der Waals surface area contributed by atoms with E-state index in [1.54, 1.807) is 20.8 Å². The maximum Gasteiger partial charge on any atom is 0.407 e. The first-order chi connectivity index (χ1) is 9.17. The summed E-state index contributed by atoms with van der Waals surface area (Å²) in [6.45, 7) is 5.46. The number of ether oxygens (including phenoxy) is 1. The number of rotatable bonds is 4. The summed E-state index contributed by atoms with van der Waals surface area (Å²) in [5, 5.41) is 2.53. The van der Waals surface area contributed by atoms with Crippen molar-refractivity contribution in [2.45, 2.75) is 38.8 Å². The van der Waals surface area contributed by atoms with Crippen LogP contribution in [0.2, 0.25) is 0 Å². The van der Waals surface area contributed by atoms with Crippen LogP contribution in [0.25, 0.3) is 0 Å². The van der Waals surface area contributed by atoms with Gasteiger partial charge in [0.1, 0.15) is 5.60 Å². The van der Waals surface area contributed by atoms with Crippen LogP contribution in [0.15, 0.2) is 18.2 Å². The molecule has 1 amide bonds. The minimum atomic E-state index is -0.908. The van der Waals surface area contributed by atoms with Gasteiger partial charge in [-0.2, -0.15) is 0 Å². The Morgan fingerprint density at radius 1 is 1.35 bits per heavy atom. The van der Waals surface area contributed by atoms with Crippen LogP contribution in [0.1, 0.15) is 26.3 Å². The highest BCUT2D eigenvalue weighted by atomic mass is 19.2. The van der Waals surface area contributed by atoms with E-state index in [0.717, 1.165) is 12.1 Å². The zero-order valence-corrected chi connectivity index (χ0v) is 11.9. The molecule has 0 fully saturated rings. The van der Waals surface area contributed by atoms with E-state index in [-0.39, 0.29) is 6.54 Å². The molecule has 0 spiro atoms. The average molecular weight is 286 g/mol. The molecule has 1 rings (SSSR count). The molecular formula is C14H20F2N2O2. The second-order valence-corrected chi connectivity index (χ2v) is 5.60. The molecule has 0 saturated heterocycles. The molecular weight excluding hydrogens is 266 g/mol. The van der Waals surface area contributed by atoms with E-state index in [9.17, 15) is 13.6 Å². The van der Waals surface area contributed by atoms with E-state index in [2.05, 4.69) is 5.32 Å². The Morgan fingerprint density at radius 3 is 2.55 bits per heavy atom. The summed E-state index contributed by atoms with van der Waals surface area (Å²) >= 11 is 0. The molecule has 0 aromatic heterocycles. The van der Waals surface area contributed by atoms with Crippen molar-refractivity contribution in [3.8, 4) is 0 Å². The topological polar surface area (TPSA) is 64.3 Å². The summed E-state index contributed by atoms with van der Waals surface area (Å²) in [5.41, 5.74) is 5.82. The van der Waals surface area contributed by atoms with E-state index in [1.165, 1.54) is 6.07 Å². The van der Waals surface area contributed by atoms with Crippen LogP contribution >= 0.6 is 0 Å². The molecule has 4 nitrogen and oxygen atoms in total. The Bertz CT molecular complexity index is 473. The summed E-state index contributed by atoms with van der Waals surface area (Å²) in [6.07, 6.45) is -0.231. The van der Waals surface area contributed by atoms with Gasteiger partial charge in [0.15, 0.2) is 11.6 Å². The monoisotopic (exact) mass is 286 g/mol. The van der Waals surface area contributed by atoms with Crippen molar-refractivity contribution in [1.29, 1.82) is 0 Å². The Hall–Kier alpha value is -1.69. The molecule has 0 aliphatic rings. The number of nitrogens with two attached hydrogens (primary N) is 1. The van der Waals surface area contributed by atoms with E-state index in [1.807, 2.05) is 0 Å². The Kier molecular flexibility index (Phi) is 5.44. The molecule has 0 radical (unpaired) electrons. The third kappa shape index (κ3) is 5.97. The zero-order valence-electron chi connectivity index (χ0n) is 11.9. The molecule has 20 heavy (non-hydrogen) atoms. The smallest absolute Gasteiger partial charge is 0.407 e. The lowest BCUT2D eigenvalue weighted by molar-refractivity contribution is 0.0524. The van der Waals surface area contributed by atoms with Gasteiger partial charge in [-0.05, 0) is 44.9 Å². The van der Waals surface area contributed by atoms with Crippen molar-refractivity contribution < 1.29 is 18.3 Å². The number of hydrogen-bond acceptors (Lipinski definition) is 3. The largest absolute Gasteiger partial charge is 0.444 e. The van der Waals surface area contributed by atoms with Crippen molar-refractivity contribution in [1.82, 2.24) is 5.32 Å². The fourth-order valence-electron chi connectivity index (χ4n) is 1.57. The third-order valence-electron chi connectivity index (χ3n) is 2.39. The van der Waals surface area contributed by atoms with Gasteiger partial charge in [0, 0.05) is 12.6 Å².